The topological polar surface area (TPSA) is 53.3 Å². The van der Waals surface area contributed by atoms with Crippen LogP contribution in [0.2, 0.25) is 0 Å². The van der Waals surface area contributed by atoms with Crippen molar-refractivity contribution in [3.8, 4) is 6.07 Å². The van der Waals surface area contributed by atoms with Crippen LogP contribution in [-0.2, 0) is 16.1 Å². The first-order valence-electron chi connectivity index (χ1n) is 7.04. The first-order chi connectivity index (χ1) is 9.70. The van der Waals surface area contributed by atoms with Crippen LogP contribution in [0.5, 0.6) is 0 Å². The Morgan fingerprint density at radius 2 is 2.35 bits per heavy atom. The van der Waals surface area contributed by atoms with E-state index in [2.05, 4.69) is 30.0 Å². The maximum Gasteiger partial charge on any atom is 0.324 e. The van der Waals surface area contributed by atoms with Crippen LogP contribution in [0.3, 0.4) is 0 Å². The average molecular weight is 272 g/mol. The van der Waals surface area contributed by atoms with Gasteiger partial charge in [-0.2, -0.15) is 5.26 Å². The second-order valence-corrected chi connectivity index (χ2v) is 5.24. The molecule has 1 fully saturated rings. The summed E-state index contributed by atoms with van der Waals surface area (Å²) >= 11 is 0. The highest BCUT2D eigenvalue weighted by molar-refractivity contribution is 5.76. The van der Waals surface area contributed by atoms with Crippen LogP contribution in [-0.4, -0.2) is 30.1 Å². The summed E-state index contributed by atoms with van der Waals surface area (Å²) in [6.07, 6.45) is 2.96. The fraction of sp³-hybridized carbons (Fsp3) is 0.500. The number of nitrogens with zero attached hydrogens (tertiary/aromatic N) is 2. The van der Waals surface area contributed by atoms with Gasteiger partial charge in [-0.1, -0.05) is 36.2 Å². The second-order valence-electron chi connectivity index (χ2n) is 5.24. The summed E-state index contributed by atoms with van der Waals surface area (Å²) in [4.78, 5) is 14.2. The molecule has 0 spiro atoms. The van der Waals surface area contributed by atoms with Gasteiger partial charge in [-0.15, -0.1) is 0 Å². The lowest BCUT2D eigenvalue weighted by Crippen LogP contribution is -2.45. The first-order valence-corrected chi connectivity index (χ1v) is 7.04. The molecule has 1 unspecified atom stereocenters. The van der Waals surface area contributed by atoms with Gasteiger partial charge in [0.05, 0.1) is 0 Å². The van der Waals surface area contributed by atoms with E-state index >= 15 is 0 Å². The zero-order chi connectivity index (χ0) is 14.4. The Labute approximate surface area is 120 Å². The van der Waals surface area contributed by atoms with Crippen LogP contribution in [0.4, 0.5) is 0 Å². The quantitative estimate of drug-likeness (QED) is 0.790. The van der Waals surface area contributed by atoms with Gasteiger partial charge in [-0.3, -0.25) is 9.69 Å². The molecule has 0 bridgehead atoms. The Bertz CT molecular complexity index is 507. The van der Waals surface area contributed by atoms with Crippen molar-refractivity contribution < 1.29 is 9.53 Å². The maximum absolute atomic E-state index is 12.0. The van der Waals surface area contributed by atoms with Gasteiger partial charge in [-0.05, 0) is 31.9 Å². The number of nitriles is 1. The van der Waals surface area contributed by atoms with E-state index in [1.165, 1.54) is 11.1 Å². The summed E-state index contributed by atoms with van der Waals surface area (Å²) in [6, 6.07) is 9.97. The number of hydrogen-bond acceptors (Lipinski definition) is 4. The summed E-state index contributed by atoms with van der Waals surface area (Å²) in [5, 5.41) is 8.50. The molecule has 20 heavy (non-hydrogen) atoms. The fourth-order valence-corrected chi connectivity index (χ4v) is 2.69. The molecule has 0 N–H and O–H groups in total. The molecule has 1 aromatic carbocycles. The normalized spacial score (nSPS) is 19.3. The van der Waals surface area contributed by atoms with Crippen LogP contribution in [0.1, 0.15) is 30.4 Å². The Morgan fingerprint density at radius 3 is 3.10 bits per heavy atom. The van der Waals surface area contributed by atoms with Gasteiger partial charge in [0.25, 0.3) is 0 Å². The Morgan fingerprint density at radius 1 is 1.50 bits per heavy atom. The van der Waals surface area contributed by atoms with Crippen LogP contribution in [0.25, 0.3) is 0 Å². The minimum Gasteiger partial charge on any atom is -0.449 e. The molecule has 1 aliphatic heterocycles. The lowest BCUT2D eigenvalue weighted by atomic mass is 10.0. The highest BCUT2D eigenvalue weighted by atomic mass is 16.5. The zero-order valence-corrected chi connectivity index (χ0v) is 11.8. The summed E-state index contributed by atoms with van der Waals surface area (Å²) in [7, 11) is 0. The maximum atomic E-state index is 12.0. The van der Waals surface area contributed by atoms with E-state index in [0.29, 0.717) is 0 Å². The molecule has 1 atom stereocenters. The number of aryl methyl sites for hydroxylation is 1. The highest BCUT2D eigenvalue weighted by Gasteiger charge is 2.29. The zero-order valence-electron chi connectivity index (χ0n) is 11.8. The first kappa shape index (κ1) is 14.5. The van der Waals surface area contributed by atoms with E-state index in [1.807, 2.05) is 12.1 Å². The Hall–Kier alpha value is -1.86. The predicted octanol–water partition coefficient (Wildman–Crippen LogP) is 2.42. The number of ether oxygens (including phenoxy) is 1. The van der Waals surface area contributed by atoms with Crippen molar-refractivity contribution in [2.45, 2.75) is 38.8 Å². The van der Waals surface area contributed by atoms with Crippen molar-refractivity contribution in [3.63, 3.8) is 0 Å². The lowest BCUT2D eigenvalue weighted by molar-refractivity contribution is -0.150. The van der Waals surface area contributed by atoms with Gasteiger partial charge >= 0.3 is 5.97 Å². The Balaban J connectivity index is 2.03. The summed E-state index contributed by atoms with van der Waals surface area (Å²) in [5.74, 6) is -0.265. The van der Waals surface area contributed by atoms with Crippen molar-refractivity contribution in [1.29, 1.82) is 5.26 Å². The van der Waals surface area contributed by atoms with Gasteiger partial charge in [0.2, 0.25) is 0 Å². The number of likely N-dealkylation sites (tertiary alicyclic amines) is 1. The Kier molecular flexibility index (Phi) is 5.14. The minimum absolute atomic E-state index is 0.159. The van der Waals surface area contributed by atoms with Crippen molar-refractivity contribution in [3.05, 3.63) is 35.4 Å². The molecule has 4 nitrogen and oxygen atoms in total. The van der Waals surface area contributed by atoms with Crippen LogP contribution in [0.15, 0.2) is 24.3 Å². The number of benzene rings is 1. The van der Waals surface area contributed by atoms with E-state index in [0.717, 1.165) is 32.4 Å². The third-order valence-electron chi connectivity index (χ3n) is 3.63. The molecular weight excluding hydrogens is 252 g/mol. The molecule has 0 amide bonds. The SMILES string of the molecule is Cc1cccc(CN2CCCCC2C(=O)OCC#N)c1. The molecule has 0 radical (unpaired) electrons. The van der Waals surface area contributed by atoms with Crippen LogP contribution >= 0.6 is 0 Å². The van der Waals surface area contributed by atoms with Gasteiger partial charge in [-0.25, -0.2) is 0 Å². The van der Waals surface area contributed by atoms with Crippen molar-refractivity contribution >= 4 is 5.97 Å². The average Bonchev–Trinajstić information content (AvgIpc) is 2.45. The van der Waals surface area contributed by atoms with E-state index in [4.69, 9.17) is 10.00 Å². The molecule has 1 aromatic rings. The number of rotatable bonds is 4. The fourth-order valence-electron chi connectivity index (χ4n) is 2.69. The molecule has 1 aliphatic rings. The molecule has 4 heteroatoms. The largest absolute Gasteiger partial charge is 0.449 e. The van der Waals surface area contributed by atoms with Gasteiger partial charge in [0, 0.05) is 6.54 Å². The third-order valence-corrected chi connectivity index (χ3v) is 3.63. The van der Waals surface area contributed by atoms with Gasteiger partial charge in [0.15, 0.2) is 6.61 Å². The number of piperidine rings is 1. The van der Waals surface area contributed by atoms with E-state index < -0.39 is 0 Å². The molecule has 2 rings (SSSR count). The van der Waals surface area contributed by atoms with Crippen LogP contribution < -0.4 is 0 Å². The number of carbonyl (C=O) groups excluding carboxylic acids is 1. The smallest absolute Gasteiger partial charge is 0.324 e. The molecule has 1 saturated heterocycles. The van der Waals surface area contributed by atoms with E-state index in [1.54, 1.807) is 0 Å². The molecule has 0 aromatic heterocycles. The third kappa shape index (κ3) is 3.82. The van der Waals surface area contributed by atoms with E-state index in [9.17, 15) is 4.79 Å². The standard InChI is InChI=1S/C16H20N2O2/c1-13-5-4-6-14(11-13)12-18-9-3-2-7-15(18)16(19)20-10-8-17/h4-6,11,15H,2-3,7,9-10,12H2,1H3. The molecule has 0 aliphatic carbocycles. The van der Waals surface area contributed by atoms with Gasteiger partial charge in [0.1, 0.15) is 12.1 Å². The number of esters is 1. The van der Waals surface area contributed by atoms with Gasteiger partial charge < -0.3 is 4.74 Å². The summed E-state index contributed by atoms with van der Waals surface area (Å²) in [5.41, 5.74) is 2.44. The van der Waals surface area contributed by atoms with Crippen molar-refractivity contribution in [2.24, 2.45) is 0 Å². The monoisotopic (exact) mass is 272 g/mol. The van der Waals surface area contributed by atoms with Crippen molar-refractivity contribution in [1.82, 2.24) is 4.90 Å². The summed E-state index contributed by atoms with van der Waals surface area (Å²) in [6.45, 7) is 3.57. The summed E-state index contributed by atoms with van der Waals surface area (Å²) < 4.78 is 4.98. The van der Waals surface area contributed by atoms with Crippen molar-refractivity contribution in [2.75, 3.05) is 13.2 Å². The minimum atomic E-state index is -0.265. The molecule has 106 valence electrons. The molecule has 1 heterocycles. The molecular formula is C16H20N2O2. The number of carbonyl (C=O) groups is 1. The predicted molar refractivity (Wildman–Crippen MR) is 75.8 cm³/mol. The second kappa shape index (κ2) is 7.06. The highest BCUT2D eigenvalue weighted by Crippen LogP contribution is 2.21. The number of hydrogen-bond donors (Lipinski definition) is 0. The molecule has 0 saturated carbocycles. The van der Waals surface area contributed by atoms with E-state index in [-0.39, 0.29) is 18.6 Å². The van der Waals surface area contributed by atoms with Crippen LogP contribution in [0, 0.1) is 18.3 Å². The lowest BCUT2D eigenvalue weighted by Gasteiger charge is -2.33.